The Balaban J connectivity index is 1.76. The maximum Gasteiger partial charge on any atom is 0.335 e. The molecule has 1 aromatic carbocycles. The van der Waals surface area contributed by atoms with E-state index in [-0.39, 0.29) is 5.70 Å². The molecule has 0 saturated carbocycles. The van der Waals surface area contributed by atoms with Gasteiger partial charge in [-0.3, -0.25) is 14.9 Å². The molecule has 1 aromatic rings. The van der Waals surface area contributed by atoms with Gasteiger partial charge in [0, 0.05) is 5.70 Å². The van der Waals surface area contributed by atoms with Crippen LogP contribution in [0.15, 0.2) is 36.5 Å². The zero-order valence-corrected chi connectivity index (χ0v) is 15.0. The number of piperazine rings is 1. The molecule has 138 valence electrons. The van der Waals surface area contributed by atoms with E-state index in [1.54, 1.807) is 24.3 Å². The number of rotatable bonds is 4. The number of nitrogens with zero attached hydrogens (tertiary/aromatic N) is 2. The van der Waals surface area contributed by atoms with Crippen molar-refractivity contribution in [1.29, 1.82) is 0 Å². The highest BCUT2D eigenvalue weighted by molar-refractivity contribution is 6.28. The van der Waals surface area contributed by atoms with Gasteiger partial charge in [0.15, 0.2) is 5.92 Å². The zero-order chi connectivity index (χ0) is 18.8. The summed E-state index contributed by atoms with van der Waals surface area (Å²) in [5.74, 6) is -2.40. The third-order valence-corrected chi connectivity index (χ3v) is 4.72. The van der Waals surface area contributed by atoms with Gasteiger partial charge in [0.05, 0.1) is 38.9 Å². The van der Waals surface area contributed by atoms with Crippen molar-refractivity contribution in [2.75, 3.05) is 38.1 Å². The van der Waals surface area contributed by atoms with Crippen molar-refractivity contribution in [3.63, 3.8) is 0 Å². The summed E-state index contributed by atoms with van der Waals surface area (Å²) in [4.78, 5) is 39.8. The first-order valence-electron chi connectivity index (χ1n) is 8.64. The molecule has 8 nitrogen and oxygen atoms in total. The molecule has 1 atom stereocenters. The second kappa shape index (κ2) is 7.27. The monoisotopic (exact) mass is 358 g/mol. The van der Waals surface area contributed by atoms with Crippen LogP contribution in [0.25, 0.3) is 0 Å². The highest BCUT2D eigenvalue weighted by Crippen LogP contribution is 2.23. The molecule has 0 unspecified atom stereocenters. The molecule has 2 aliphatic rings. The SMILES string of the molecule is C=C(NN1CC[NH+](C)CC1)[C@@H]1C(=O)NC(=O)N(c2ccc(C)cc2)C1=O. The number of urea groups is 1. The van der Waals surface area contributed by atoms with Crippen LogP contribution in [0.4, 0.5) is 10.5 Å². The number of hydrazine groups is 1. The number of anilines is 1. The topological polar surface area (TPSA) is 86.2 Å². The molecular formula is C18H24N5O3+. The number of imide groups is 2. The van der Waals surface area contributed by atoms with Gasteiger partial charge in [0.1, 0.15) is 0 Å². The lowest BCUT2D eigenvalue weighted by molar-refractivity contribution is -0.884. The van der Waals surface area contributed by atoms with E-state index in [0.717, 1.165) is 36.6 Å². The van der Waals surface area contributed by atoms with Crippen molar-refractivity contribution in [3.05, 3.63) is 42.1 Å². The quantitative estimate of drug-likeness (QED) is 0.604. The minimum atomic E-state index is -1.15. The number of hydrogen-bond donors (Lipinski definition) is 3. The first-order chi connectivity index (χ1) is 12.4. The van der Waals surface area contributed by atoms with Crippen LogP contribution in [0.5, 0.6) is 0 Å². The molecule has 3 N–H and O–H groups in total. The number of nitrogens with one attached hydrogen (secondary N) is 3. The molecule has 2 aliphatic heterocycles. The molecule has 2 heterocycles. The van der Waals surface area contributed by atoms with Crippen molar-refractivity contribution < 1.29 is 19.3 Å². The maximum absolute atomic E-state index is 12.9. The van der Waals surface area contributed by atoms with Crippen molar-refractivity contribution in [2.24, 2.45) is 5.92 Å². The molecule has 0 spiro atoms. The molecule has 0 aromatic heterocycles. The van der Waals surface area contributed by atoms with Gasteiger partial charge in [-0.15, -0.1) is 0 Å². The third-order valence-electron chi connectivity index (χ3n) is 4.72. The predicted molar refractivity (Wildman–Crippen MR) is 96.2 cm³/mol. The van der Waals surface area contributed by atoms with E-state index in [2.05, 4.69) is 24.4 Å². The molecule has 3 rings (SSSR count). The molecule has 8 heteroatoms. The van der Waals surface area contributed by atoms with Crippen LogP contribution >= 0.6 is 0 Å². The largest absolute Gasteiger partial charge is 0.335 e. The maximum atomic E-state index is 12.9. The Morgan fingerprint density at radius 2 is 1.81 bits per heavy atom. The number of likely N-dealkylation sites (N-methyl/N-ethyl adjacent to an activating group) is 1. The summed E-state index contributed by atoms with van der Waals surface area (Å²) in [5.41, 5.74) is 4.78. The Morgan fingerprint density at radius 3 is 2.42 bits per heavy atom. The average molecular weight is 358 g/mol. The van der Waals surface area contributed by atoms with E-state index in [4.69, 9.17) is 0 Å². The van der Waals surface area contributed by atoms with Gasteiger partial charge in [0.2, 0.25) is 5.91 Å². The first-order valence-corrected chi connectivity index (χ1v) is 8.64. The standard InChI is InChI=1S/C18H23N5O3/c1-12-4-6-14(7-5-12)23-17(25)15(16(24)19-18(23)26)13(2)20-22-10-8-21(3)9-11-22/h4-7,15,20H,2,8-11H2,1,3H3,(H,19,24,26)/p+1/t15-/m1/s1. The van der Waals surface area contributed by atoms with Crippen LogP contribution in [0.1, 0.15) is 5.56 Å². The molecule has 4 amide bonds. The number of quaternary nitrogens is 1. The van der Waals surface area contributed by atoms with E-state index in [1.165, 1.54) is 4.90 Å². The highest BCUT2D eigenvalue weighted by Gasteiger charge is 2.43. The summed E-state index contributed by atoms with van der Waals surface area (Å²) >= 11 is 0. The lowest BCUT2D eigenvalue weighted by Gasteiger charge is -2.35. The van der Waals surface area contributed by atoms with Gasteiger partial charge < -0.3 is 10.3 Å². The van der Waals surface area contributed by atoms with Gasteiger partial charge in [-0.1, -0.05) is 24.3 Å². The van der Waals surface area contributed by atoms with Crippen LogP contribution in [0, 0.1) is 12.8 Å². The van der Waals surface area contributed by atoms with E-state index in [0.29, 0.717) is 5.69 Å². The molecule has 0 aliphatic carbocycles. The third kappa shape index (κ3) is 3.61. The van der Waals surface area contributed by atoms with Crippen molar-refractivity contribution >= 4 is 23.5 Å². The predicted octanol–water partition coefficient (Wildman–Crippen LogP) is -0.957. The van der Waals surface area contributed by atoms with Gasteiger partial charge in [0.25, 0.3) is 5.91 Å². The van der Waals surface area contributed by atoms with Crippen LogP contribution in [-0.4, -0.2) is 56.1 Å². The number of hydrogen-bond acceptors (Lipinski definition) is 5. The number of aryl methyl sites for hydroxylation is 1. The summed E-state index contributed by atoms with van der Waals surface area (Å²) in [6.45, 7) is 9.28. The molecule has 0 radical (unpaired) electrons. The Morgan fingerprint density at radius 1 is 1.19 bits per heavy atom. The first kappa shape index (κ1) is 18.1. The summed E-state index contributed by atoms with van der Waals surface area (Å²) < 4.78 is 0. The molecule has 0 bridgehead atoms. The van der Waals surface area contributed by atoms with E-state index in [9.17, 15) is 14.4 Å². The van der Waals surface area contributed by atoms with Crippen LogP contribution in [0.2, 0.25) is 0 Å². The Bertz CT molecular complexity index is 738. The molecule has 26 heavy (non-hydrogen) atoms. The van der Waals surface area contributed by atoms with Gasteiger partial charge >= 0.3 is 6.03 Å². The molecule has 2 fully saturated rings. The van der Waals surface area contributed by atoms with Crippen LogP contribution < -0.4 is 20.5 Å². The summed E-state index contributed by atoms with van der Waals surface area (Å²) in [6, 6.07) is 6.23. The van der Waals surface area contributed by atoms with Gasteiger partial charge in [-0.05, 0) is 19.1 Å². The number of barbiturate groups is 1. The number of carbonyl (C=O) groups excluding carboxylic acids is 3. The van der Waals surface area contributed by atoms with Crippen molar-refractivity contribution in [1.82, 2.24) is 15.8 Å². The normalized spacial score (nSPS) is 22.3. The minimum absolute atomic E-state index is 0.275. The molecular weight excluding hydrogens is 334 g/mol. The lowest BCUT2D eigenvalue weighted by Crippen LogP contribution is -3.12. The fourth-order valence-electron chi connectivity index (χ4n) is 3.09. The van der Waals surface area contributed by atoms with Crippen LogP contribution in [-0.2, 0) is 9.59 Å². The summed E-state index contributed by atoms with van der Waals surface area (Å²) in [7, 11) is 2.12. The second-order valence-corrected chi connectivity index (χ2v) is 6.82. The van der Waals surface area contributed by atoms with Crippen molar-refractivity contribution in [2.45, 2.75) is 6.92 Å². The fourth-order valence-corrected chi connectivity index (χ4v) is 3.09. The smallest absolute Gasteiger partial charge is 0.335 e. The van der Waals surface area contributed by atoms with E-state index in [1.807, 2.05) is 11.9 Å². The van der Waals surface area contributed by atoms with Crippen molar-refractivity contribution in [3.8, 4) is 0 Å². The fraction of sp³-hybridized carbons (Fsp3) is 0.389. The van der Waals surface area contributed by atoms with Crippen LogP contribution in [0.3, 0.4) is 0 Å². The minimum Gasteiger partial charge on any atom is -0.335 e. The Labute approximate surface area is 152 Å². The average Bonchev–Trinajstić information content (AvgIpc) is 2.58. The molecule has 2 saturated heterocycles. The number of carbonyl (C=O) groups is 3. The Kier molecular flexibility index (Phi) is 5.06. The van der Waals surface area contributed by atoms with Gasteiger partial charge in [-0.2, -0.15) is 0 Å². The lowest BCUT2D eigenvalue weighted by atomic mass is 10.0. The van der Waals surface area contributed by atoms with E-state index < -0.39 is 23.8 Å². The Hall–Kier alpha value is -2.71. The number of benzene rings is 1. The summed E-state index contributed by atoms with van der Waals surface area (Å²) in [6.07, 6.45) is 0. The van der Waals surface area contributed by atoms with Gasteiger partial charge in [-0.25, -0.2) is 14.7 Å². The van der Waals surface area contributed by atoms with E-state index >= 15 is 0 Å². The second-order valence-electron chi connectivity index (χ2n) is 6.82. The highest BCUT2D eigenvalue weighted by atomic mass is 16.2. The summed E-state index contributed by atoms with van der Waals surface area (Å²) in [5, 5.41) is 4.20. The zero-order valence-electron chi connectivity index (χ0n) is 15.0. The number of amides is 4.